The zero-order valence-electron chi connectivity index (χ0n) is 9.51. The molecule has 0 fully saturated rings. The summed E-state index contributed by atoms with van der Waals surface area (Å²) in [5.41, 5.74) is 1.23. The number of nitrogens with zero attached hydrogens (tertiary/aromatic N) is 1. The van der Waals surface area contributed by atoms with Crippen LogP contribution in [0.3, 0.4) is 0 Å². The minimum atomic E-state index is -0.449. The van der Waals surface area contributed by atoms with Gasteiger partial charge in [0.15, 0.2) is 5.58 Å². The van der Waals surface area contributed by atoms with Crippen LogP contribution in [0.5, 0.6) is 0 Å². The molecule has 0 atom stereocenters. The van der Waals surface area contributed by atoms with E-state index in [2.05, 4.69) is 0 Å². The van der Waals surface area contributed by atoms with Crippen LogP contribution in [0.15, 0.2) is 33.5 Å². The summed E-state index contributed by atoms with van der Waals surface area (Å²) < 4.78 is 11.3. The van der Waals surface area contributed by atoms with Crippen molar-refractivity contribution in [1.29, 1.82) is 0 Å². The standard InChI is InChI=1S/C12H13NO4/c1-2-16-11(14)7-8-13-9-5-3-4-6-10(9)17-12(13)15/h3-6H,2,7-8H2,1H3. The third kappa shape index (κ3) is 2.38. The van der Waals surface area contributed by atoms with Gasteiger partial charge in [-0.25, -0.2) is 4.79 Å². The molecule has 0 radical (unpaired) electrons. The summed E-state index contributed by atoms with van der Waals surface area (Å²) in [5.74, 6) is -0.764. The van der Waals surface area contributed by atoms with Gasteiger partial charge >= 0.3 is 11.7 Å². The molecule has 0 amide bonds. The van der Waals surface area contributed by atoms with Crippen molar-refractivity contribution in [1.82, 2.24) is 4.57 Å². The molecule has 0 saturated heterocycles. The monoisotopic (exact) mass is 235 g/mol. The quantitative estimate of drug-likeness (QED) is 0.754. The maximum Gasteiger partial charge on any atom is 0.419 e. The Morgan fingerprint density at radius 1 is 1.41 bits per heavy atom. The molecule has 0 aliphatic rings. The molecule has 0 unspecified atom stereocenters. The van der Waals surface area contributed by atoms with Crippen molar-refractivity contribution >= 4 is 17.1 Å². The van der Waals surface area contributed by atoms with Crippen LogP contribution in [0.4, 0.5) is 0 Å². The lowest BCUT2D eigenvalue weighted by atomic mass is 10.3. The van der Waals surface area contributed by atoms with Crippen molar-refractivity contribution < 1.29 is 13.9 Å². The van der Waals surface area contributed by atoms with E-state index >= 15 is 0 Å². The average Bonchev–Trinajstić information content (AvgIpc) is 2.62. The van der Waals surface area contributed by atoms with Crippen LogP contribution in [0.25, 0.3) is 11.1 Å². The minimum Gasteiger partial charge on any atom is -0.466 e. The molecule has 0 aliphatic heterocycles. The lowest BCUT2D eigenvalue weighted by Gasteiger charge is -2.02. The van der Waals surface area contributed by atoms with Crippen molar-refractivity contribution in [2.45, 2.75) is 19.9 Å². The smallest absolute Gasteiger partial charge is 0.419 e. The van der Waals surface area contributed by atoms with Gasteiger partial charge in [-0.3, -0.25) is 9.36 Å². The SMILES string of the molecule is CCOC(=O)CCn1c(=O)oc2ccccc21. The highest BCUT2D eigenvalue weighted by Crippen LogP contribution is 2.11. The number of esters is 1. The van der Waals surface area contributed by atoms with Crippen LogP contribution >= 0.6 is 0 Å². The number of oxazole rings is 1. The summed E-state index contributed by atoms with van der Waals surface area (Å²) in [4.78, 5) is 22.8. The fourth-order valence-electron chi connectivity index (χ4n) is 1.66. The van der Waals surface area contributed by atoms with E-state index < -0.39 is 5.76 Å². The van der Waals surface area contributed by atoms with E-state index in [1.54, 1.807) is 25.1 Å². The first kappa shape index (κ1) is 11.4. The first-order chi connectivity index (χ1) is 8.22. The number of para-hydroxylation sites is 2. The molecule has 5 heteroatoms. The van der Waals surface area contributed by atoms with Gasteiger partial charge in [0.05, 0.1) is 18.5 Å². The molecule has 0 aliphatic carbocycles. The zero-order valence-corrected chi connectivity index (χ0v) is 9.51. The number of fused-ring (bicyclic) bond motifs is 1. The number of aromatic nitrogens is 1. The third-order valence-corrected chi connectivity index (χ3v) is 2.42. The zero-order chi connectivity index (χ0) is 12.3. The Bertz CT molecular complexity index is 581. The molecule has 0 spiro atoms. The van der Waals surface area contributed by atoms with Gasteiger partial charge in [0.2, 0.25) is 0 Å². The number of carbonyl (C=O) groups excluding carboxylic acids is 1. The van der Waals surface area contributed by atoms with Gasteiger partial charge in [0.25, 0.3) is 0 Å². The first-order valence-corrected chi connectivity index (χ1v) is 5.46. The van der Waals surface area contributed by atoms with E-state index in [9.17, 15) is 9.59 Å². The third-order valence-electron chi connectivity index (χ3n) is 2.42. The van der Waals surface area contributed by atoms with Crippen LogP contribution < -0.4 is 5.76 Å². The number of benzene rings is 1. The highest BCUT2D eigenvalue weighted by Gasteiger charge is 2.10. The fraction of sp³-hybridized carbons (Fsp3) is 0.333. The molecule has 1 heterocycles. The van der Waals surface area contributed by atoms with E-state index in [4.69, 9.17) is 9.15 Å². The summed E-state index contributed by atoms with van der Waals surface area (Å²) in [6.45, 7) is 2.37. The van der Waals surface area contributed by atoms with E-state index in [-0.39, 0.29) is 18.9 Å². The second-order valence-corrected chi connectivity index (χ2v) is 3.54. The highest BCUT2D eigenvalue weighted by atomic mass is 16.5. The maximum atomic E-state index is 11.6. The number of hydrogen-bond donors (Lipinski definition) is 0. The molecule has 1 aromatic carbocycles. The second kappa shape index (κ2) is 4.86. The molecular formula is C12H13NO4. The number of rotatable bonds is 4. The summed E-state index contributed by atoms with van der Waals surface area (Å²) in [7, 11) is 0. The Kier molecular flexibility index (Phi) is 3.27. The molecule has 1 aromatic heterocycles. The Hall–Kier alpha value is -2.04. The summed E-state index contributed by atoms with van der Waals surface area (Å²) in [6.07, 6.45) is 0.164. The topological polar surface area (TPSA) is 61.4 Å². The molecule has 0 N–H and O–H groups in total. The normalized spacial score (nSPS) is 10.6. The number of ether oxygens (including phenoxy) is 1. The van der Waals surface area contributed by atoms with E-state index in [1.165, 1.54) is 4.57 Å². The van der Waals surface area contributed by atoms with E-state index in [0.717, 1.165) is 0 Å². The van der Waals surface area contributed by atoms with Gasteiger partial charge in [-0.05, 0) is 19.1 Å². The Labute approximate surface area is 97.6 Å². The van der Waals surface area contributed by atoms with Crippen LogP contribution in [0.2, 0.25) is 0 Å². The number of carbonyl (C=O) groups is 1. The number of aryl methyl sites for hydroxylation is 1. The van der Waals surface area contributed by atoms with Crippen LogP contribution in [-0.4, -0.2) is 17.1 Å². The van der Waals surface area contributed by atoms with Crippen LogP contribution in [0.1, 0.15) is 13.3 Å². The molecule has 0 saturated carbocycles. The molecule has 90 valence electrons. The van der Waals surface area contributed by atoms with E-state index in [1.807, 2.05) is 6.07 Å². The lowest BCUT2D eigenvalue weighted by Crippen LogP contribution is -2.17. The molecule has 0 bridgehead atoms. The predicted molar refractivity (Wildman–Crippen MR) is 61.7 cm³/mol. The second-order valence-electron chi connectivity index (χ2n) is 3.54. The van der Waals surface area contributed by atoms with Crippen LogP contribution in [0, 0.1) is 0 Å². The first-order valence-electron chi connectivity index (χ1n) is 5.46. The lowest BCUT2D eigenvalue weighted by molar-refractivity contribution is -0.143. The van der Waals surface area contributed by atoms with Crippen molar-refractivity contribution in [2.75, 3.05) is 6.61 Å². The van der Waals surface area contributed by atoms with Crippen molar-refractivity contribution in [3.63, 3.8) is 0 Å². The maximum absolute atomic E-state index is 11.6. The predicted octanol–water partition coefficient (Wildman–Crippen LogP) is 1.55. The molecule has 2 aromatic rings. The van der Waals surface area contributed by atoms with Crippen molar-refractivity contribution in [2.24, 2.45) is 0 Å². The number of hydrogen-bond acceptors (Lipinski definition) is 4. The molecule has 17 heavy (non-hydrogen) atoms. The largest absolute Gasteiger partial charge is 0.466 e. The van der Waals surface area contributed by atoms with Gasteiger partial charge in [-0.1, -0.05) is 12.1 Å². The highest BCUT2D eigenvalue weighted by molar-refractivity contribution is 5.73. The molecule has 2 rings (SSSR count). The average molecular weight is 235 g/mol. The summed E-state index contributed by atoms with van der Waals surface area (Å²) >= 11 is 0. The molecule has 5 nitrogen and oxygen atoms in total. The Morgan fingerprint density at radius 3 is 2.94 bits per heavy atom. The van der Waals surface area contributed by atoms with Gasteiger partial charge in [-0.15, -0.1) is 0 Å². The Morgan fingerprint density at radius 2 is 2.18 bits per heavy atom. The van der Waals surface area contributed by atoms with Crippen LogP contribution in [-0.2, 0) is 16.1 Å². The van der Waals surface area contributed by atoms with Gasteiger partial charge in [0, 0.05) is 6.54 Å². The van der Waals surface area contributed by atoms with Gasteiger partial charge < -0.3 is 9.15 Å². The molecular weight excluding hydrogens is 222 g/mol. The van der Waals surface area contributed by atoms with Crippen molar-refractivity contribution in [3.8, 4) is 0 Å². The minimum absolute atomic E-state index is 0.164. The Balaban J connectivity index is 2.21. The van der Waals surface area contributed by atoms with Gasteiger partial charge in [-0.2, -0.15) is 0 Å². The van der Waals surface area contributed by atoms with Crippen molar-refractivity contribution in [3.05, 3.63) is 34.8 Å². The van der Waals surface area contributed by atoms with E-state index in [0.29, 0.717) is 17.7 Å². The van der Waals surface area contributed by atoms with Gasteiger partial charge in [0.1, 0.15) is 0 Å². The fourth-order valence-corrected chi connectivity index (χ4v) is 1.66. The summed E-state index contributed by atoms with van der Waals surface area (Å²) in [6, 6.07) is 7.11. The summed E-state index contributed by atoms with van der Waals surface area (Å²) in [5, 5.41) is 0.